The number of hydrogen-bond acceptors (Lipinski definition) is 5. The fraction of sp³-hybridized carbons (Fsp3) is 0.280. The molecule has 0 bridgehead atoms. The zero-order valence-corrected chi connectivity index (χ0v) is 18.4. The molecule has 5 rings (SSSR count). The number of thioether (sulfide) groups is 1. The lowest BCUT2D eigenvalue weighted by Gasteiger charge is -2.37. The summed E-state index contributed by atoms with van der Waals surface area (Å²) in [5, 5.41) is 2.37. The minimum atomic E-state index is -0.643. The monoisotopic (exact) mass is 448 g/mol. The first-order chi connectivity index (χ1) is 15.7. The Kier molecular flexibility index (Phi) is 5.90. The van der Waals surface area contributed by atoms with Crippen molar-refractivity contribution in [3.05, 3.63) is 66.7 Å². The van der Waals surface area contributed by atoms with Gasteiger partial charge in [-0.1, -0.05) is 42.5 Å². The largest absolute Gasteiger partial charge is 0.485 e. The highest BCUT2D eigenvalue weighted by molar-refractivity contribution is 8.00. The number of nitrogens with zero attached hydrogens (tertiary/aromatic N) is 2. The van der Waals surface area contributed by atoms with Gasteiger partial charge in [0.1, 0.15) is 6.61 Å². The van der Waals surface area contributed by atoms with E-state index in [4.69, 9.17) is 9.47 Å². The molecule has 1 saturated heterocycles. The van der Waals surface area contributed by atoms with Crippen molar-refractivity contribution >= 4 is 34.3 Å². The molecule has 6 nitrogen and oxygen atoms in total. The number of piperazine rings is 1. The molecule has 7 heteroatoms. The highest BCUT2D eigenvalue weighted by atomic mass is 32.2. The van der Waals surface area contributed by atoms with Crippen molar-refractivity contribution in [2.75, 3.05) is 38.5 Å². The van der Waals surface area contributed by atoms with Gasteiger partial charge in [-0.05, 0) is 35.0 Å². The highest BCUT2D eigenvalue weighted by Crippen LogP contribution is 2.31. The van der Waals surface area contributed by atoms with E-state index in [9.17, 15) is 9.59 Å². The van der Waals surface area contributed by atoms with Crippen LogP contribution in [0.1, 0.15) is 0 Å². The number of carbonyl (C=O) groups is 2. The SMILES string of the molecule is O=C(CSc1ccc2ccccc2c1)N1CCN(C(=O)[C@H]2COc3ccccc3O2)CC1. The van der Waals surface area contributed by atoms with Crippen LogP contribution in [0, 0.1) is 0 Å². The van der Waals surface area contributed by atoms with Crippen LogP contribution in [0.5, 0.6) is 11.5 Å². The molecule has 0 aromatic heterocycles. The summed E-state index contributed by atoms with van der Waals surface area (Å²) in [6.07, 6.45) is -0.643. The summed E-state index contributed by atoms with van der Waals surface area (Å²) < 4.78 is 11.5. The molecule has 0 spiro atoms. The van der Waals surface area contributed by atoms with E-state index in [1.165, 1.54) is 10.8 Å². The summed E-state index contributed by atoms with van der Waals surface area (Å²) in [5.41, 5.74) is 0. The maximum atomic E-state index is 12.9. The Bertz CT molecular complexity index is 1140. The molecule has 0 unspecified atom stereocenters. The number of amides is 2. The first-order valence-electron chi connectivity index (χ1n) is 10.7. The van der Waals surface area contributed by atoms with Crippen LogP contribution in [0.3, 0.4) is 0 Å². The van der Waals surface area contributed by atoms with E-state index in [1.807, 2.05) is 35.2 Å². The summed E-state index contributed by atoms with van der Waals surface area (Å²) in [7, 11) is 0. The normalized spacial score (nSPS) is 17.9. The maximum Gasteiger partial charge on any atom is 0.267 e. The average molecular weight is 449 g/mol. The number of rotatable bonds is 4. The zero-order valence-electron chi connectivity index (χ0n) is 17.6. The molecular weight excluding hydrogens is 424 g/mol. The van der Waals surface area contributed by atoms with Gasteiger partial charge in [-0.2, -0.15) is 0 Å². The van der Waals surface area contributed by atoms with Crippen molar-refractivity contribution in [2.45, 2.75) is 11.0 Å². The molecule has 3 aromatic rings. The number of hydrogen-bond donors (Lipinski definition) is 0. The number of carbonyl (C=O) groups excluding carboxylic acids is 2. The molecule has 2 aliphatic rings. The molecule has 164 valence electrons. The van der Waals surface area contributed by atoms with Crippen LogP contribution in [0.15, 0.2) is 71.6 Å². The second-order valence-corrected chi connectivity index (χ2v) is 8.92. The molecule has 3 aromatic carbocycles. The van der Waals surface area contributed by atoms with Crippen LogP contribution < -0.4 is 9.47 Å². The molecule has 32 heavy (non-hydrogen) atoms. The van der Waals surface area contributed by atoms with Crippen LogP contribution in [-0.2, 0) is 9.59 Å². The fourth-order valence-electron chi connectivity index (χ4n) is 4.01. The maximum absolute atomic E-state index is 12.9. The van der Waals surface area contributed by atoms with Crippen molar-refractivity contribution in [2.24, 2.45) is 0 Å². The molecule has 1 atom stereocenters. The molecule has 0 N–H and O–H groups in total. The minimum absolute atomic E-state index is 0.0860. The summed E-state index contributed by atoms with van der Waals surface area (Å²) in [4.78, 5) is 30.3. The van der Waals surface area contributed by atoms with Crippen LogP contribution in [-0.4, -0.2) is 66.3 Å². The van der Waals surface area contributed by atoms with E-state index < -0.39 is 6.10 Å². The Morgan fingerprint density at radius 1 is 0.844 bits per heavy atom. The lowest BCUT2D eigenvalue weighted by molar-refractivity contribution is -0.145. The predicted molar refractivity (Wildman–Crippen MR) is 124 cm³/mol. The second kappa shape index (κ2) is 9.12. The van der Waals surface area contributed by atoms with E-state index in [0.29, 0.717) is 43.4 Å². The molecule has 2 heterocycles. The number of fused-ring (bicyclic) bond motifs is 2. The molecule has 2 aliphatic heterocycles. The topological polar surface area (TPSA) is 59.1 Å². The minimum Gasteiger partial charge on any atom is -0.485 e. The van der Waals surface area contributed by atoms with E-state index >= 15 is 0 Å². The zero-order chi connectivity index (χ0) is 21.9. The van der Waals surface area contributed by atoms with E-state index in [2.05, 4.69) is 30.3 Å². The first-order valence-corrected chi connectivity index (χ1v) is 11.7. The van der Waals surface area contributed by atoms with Gasteiger partial charge in [0.15, 0.2) is 11.5 Å². The third-order valence-electron chi connectivity index (χ3n) is 5.81. The van der Waals surface area contributed by atoms with Crippen LogP contribution in [0.4, 0.5) is 0 Å². The van der Waals surface area contributed by atoms with Gasteiger partial charge in [-0.15, -0.1) is 11.8 Å². The summed E-state index contributed by atoms with van der Waals surface area (Å²) in [6.45, 7) is 2.29. The van der Waals surface area contributed by atoms with E-state index in [1.54, 1.807) is 22.7 Å². The molecule has 1 fully saturated rings. The van der Waals surface area contributed by atoms with Crippen molar-refractivity contribution in [3.8, 4) is 11.5 Å². The van der Waals surface area contributed by atoms with Crippen LogP contribution in [0.2, 0.25) is 0 Å². The second-order valence-electron chi connectivity index (χ2n) is 7.87. The van der Waals surface area contributed by atoms with Gasteiger partial charge in [0.05, 0.1) is 5.75 Å². The molecule has 0 radical (unpaired) electrons. The molecule has 2 amide bonds. The van der Waals surface area contributed by atoms with Gasteiger partial charge in [0, 0.05) is 31.1 Å². The lowest BCUT2D eigenvalue weighted by atomic mass is 10.1. The number of benzene rings is 3. The Morgan fingerprint density at radius 2 is 1.53 bits per heavy atom. The van der Waals surface area contributed by atoms with Crippen molar-refractivity contribution < 1.29 is 19.1 Å². The molecule has 0 aliphatic carbocycles. The Balaban J connectivity index is 1.11. The summed E-state index contributed by atoms with van der Waals surface area (Å²) in [6, 6.07) is 21.8. The highest BCUT2D eigenvalue weighted by Gasteiger charge is 2.33. The first kappa shape index (κ1) is 20.7. The quantitative estimate of drug-likeness (QED) is 0.573. The van der Waals surface area contributed by atoms with Gasteiger partial charge in [-0.25, -0.2) is 0 Å². The van der Waals surface area contributed by atoms with E-state index in [0.717, 1.165) is 4.90 Å². The van der Waals surface area contributed by atoms with Crippen molar-refractivity contribution in [1.29, 1.82) is 0 Å². The Morgan fingerprint density at radius 3 is 2.34 bits per heavy atom. The molecular formula is C25H24N2O4S. The van der Waals surface area contributed by atoms with Gasteiger partial charge in [0.25, 0.3) is 5.91 Å². The van der Waals surface area contributed by atoms with Gasteiger partial charge >= 0.3 is 0 Å². The number of ether oxygens (including phenoxy) is 2. The van der Waals surface area contributed by atoms with Gasteiger partial charge < -0.3 is 19.3 Å². The third-order valence-corrected chi connectivity index (χ3v) is 6.79. The van der Waals surface area contributed by atoms with Crippen LogP contribution in [0.25, 0.3) is 10.8 Å². The third kappa shape index (κ3) is 4.39. The van der Waals surface area contributed by atoms with Gasteiger partial charge in [0.2, 0.25) is 12.0 Å². The fourth-order valence-corrected chi connectivity index (χ4v) is 4.86. The Labute approximate surface area is 191 Å². The predicted octanol–water partition coefficient (Wildman–Crippen LogP) is 3.44. The van der Waals surface area contributed by atoms with Crippen molar-refractivity contribution in [1.82, 2.24) is 9.80 Å². The summed E-state index contributed by atoms with van der Waals surface area (Å²) >= 11 is 1.55. The van der Waals surface area contributed by atoms with Crippen molar-refractivity contribution in [3.63, 3.8) is 0 Å². The number of para-hydroxylation sites is 2. The van der Waals surface area contributed by atoms with E-state index in [-0.39, 0.29) is 18.4 Å². The van der Waals surface area contributed by atoms with Crippen LogP contribution >= 0.6 is 11.8 Å². The Hall–Kier alpha value is -3.19. The smallest absolute Gasteiger partial charge is 0.267 e. The lowest BCUT2D eigenvalue weighted by Crippen LogP contribution is -2.55. The standard InChI is InChI=1S/C25H24N2O4S/c28-24(17-32-20-10-9-18-5-1-2-6-19(18)15-20)26-11-13-27(14-12-26)25(29)23-16-30-21-7-3-4-8-22(21)31-23/h1-10,15,23H,11-14,16-17H2/t23-/m1/s1. The van der Waals surface area contributed by atoms with Gasteiger partial charge in [-0.3, -0.25) is 9.59 Å². The average Bonchev–Trinajstić information content (AvgIpc) is 2.86. The summed E-state index contributed by atoms with van der Waals surface area (Å²) in [5.74, 6) is 1.66. The molecule has 0 saturated carbocycles.